The standard InChI is InChI=1S/C54H90O23/c1-23-31(58)35(62)39(66)45(72-23)76-41-37(64)33(60)27(19-56)74-47(41)70-21-50(4)12-8-13-51(5)29(50)11-14-53(7)30(51)10-9-24-25-17-49(2,3)43(68)44(69)54(25,16-15-52(24,53)6)22-71-48-42(38(65)34(61)28(20-57)75-48)77-46-40(67)36(63)32(59)26(18-55)73-46/h9,23,25-48,55-69H,8,10-22H2,1-7H3/t23-,25-,26+,27+,28+,29-,30+,31-,32+,33+,34+,35+,36-,37-,38-,39+,40+,41+,42+,43-,44-,45-,46-,47+,48+,50+,51-,52+,53+,54-/m0/s1. The minimum Gasteiger partial charge on any atom is -0.394 e. The minimum absolute atomic E-state index is 0.139. The second-order valence-electron chi connectivity index (χ2n) is 26.3. The molecule has 0 aromatic heterocycles. The van der Waals surface area contributed by atoms with Crippen LogP contribution in [0.15, 0.2) is 11.6 Å². The van der Waals surface area contributed by atoms with Gasteiger partial charge in [0.1, 0.15) is 91.6 Å². The van der Waals surface area contributed by atoms with Crippen molar-refractivity contribution in [3.8, 4) is 0 Å². The maximum Gasteiger partial charge on any atom is 0.187 e. The van der Waals surface area contributed by atoms with Crippen molar-refractivity contribution in [2.24, 2.45) is 50.2 Å². The molecular formula is C54H90O23. The Morgan fingerprint density at radius 3 is 1.58 bits per heavy atom. The number of rotatable bonds is 13. The summed E-state index contributed by atoms with van der Waals surface area (Å²) >= 11 is 0. The summed E-state index contributed by atoms with van der Waals surface area (Å²) in [6, 6.07) is 0. The lowest BCUT2D eigenvalue weighted by Gasteiger charge is -2.72. The first kappa shape index (κ1) is 60.4. The Bertz CT molecular complexity index is 2070. The van der Waals surface area contributed by atoms with Crippen LogP contribution in [0.3, 0.4) is 0 Å². The molecule has 8 fully saturated rings. The molecule has 0 aromatic carbocycles. The first-order valence-electron chi connectivity index (χ1n) is 28.0. The van der Waals surface area contributed by atoms with E-state index in [-0.39, 0.29) is 41.8 Å². The SMILES string of the molecule is C[C@@H]1O[C@@H](O[C@H]2[C@H](OC[C@@]3(C)CCC[C@]4(C)[C@H]5CC=C6[C@@H]7CC(C)(C)[C@@H](O)[C@H](O)[C@]7(CO[C@@H]7O[C@H](CO)[C@@H](O)[C@H](O)[C@H]7O[C@@H]7O[C@H](CO)[C@@H](O)[C@H](O)[C@H]7O)CC[C@@]6(C)[C@]5(C)CC[C@@H]34)O[C@H](CO)[C@@H](O)[C@@H]2O)[C@H](O)[C@H](O)[C@H]1O. The lowest BCUT2D eigenvalue weighted by Crippen LogP contribution is -2.68. The van der Waals surface area contributed by atoms with Crippen molar-refractivity contribution in [2.45, 2.75) is 241 Å². The number of aliphatic hydroxyl groups is 15. The Hall–Kier alpha value is -1.18. The number of fused-ring (bicyclic) bond motifs is 7. The van der Waals surface area contributed by atoms with Crippen LogP contribution in [0, 0.1) is 50.2 Å². The van der Waals surface area contributed by atoms with Crippen LogP contribution in [0.2, 0.25) is 0 Å². The lowest BCUT2D eigenvalue weighted by atomic mass is 9.33. The van der Waals surface area contributed by atoms with E-state index in [1.54, 1.807) is 0 Å². The second-order valence-corrected chi connectivity index (χ2v) is 26.3. The molecule has 444 valence electrons. The molecule has 4 saturated heterocycles. The van der Waals surface area contributed by atoms with Gasteiger partial charge in [-0.25, -0.2) is 0 Å². The predicted octanol–water partition coefficient (Wildman–Crippen LogP) is -2.59. The number of hydrogen-bond acceptors (Lipinski definition) is 23. The monoisotopic (exact) mass is 1110 g/mol. The van der Waals surface area contributed by atoms with Gasteiger partial charge in [0.2, 0.25) is 0 Å². The van der Waals surface area contributed by atoms with Gasteiger partial charge in [-0.2, -0.15) is 0 Å². The van der Waals surface area contributed by atoms with Crippen LogP contribution in [0.1, 0.15) is 106 Å². The second kappa shape index (κ2) is 22.1. The third kappa shape index (κ3) is 9.84. The summed E-state index contributed by atoms with van der Waals surface area (Å²) in [5, 5.41) is 163. The summed E-state index contributed by atoms with van der Waals surface area (Å²) in [5.74, 6) is -0.0106. The van der Waals surface area contributed by atoms with Gasteiger partial charge in [-0.1, -0.05) is 59.6 Å². The van der Waals surface area contributed by atoms with Gasteiger partial charge in [0.25, 0.3) is 0 Å². The first-order chi connectivity index (χ1) is 36.1. The van der Waals surface area contributed by atoms with E-state index in [2.05, 4.69) is 33.8 Å². The number of ether oxygens (including phenoxy) is 8. The average Bonchev–Trinajstić information content (AvgIpc) is 3.41. The summed E-state index contributed by atoms with van der Waals surface area (Å²) in [6.07, 6.45) is -24.6. The van der Waals surface area contributed by atoms with Crippen LogP contribution < -0.4 is 0 Å². The largest absolute Gasteiger partial charge is 0.394 e. The van der Waals surface area contributed by atoms with Crippen LogP contribution in [0.4, 0.5) is 0 Å². The molecule has 0 aromatic rings. The van der Waals surface area contributed by atoms with E-state index < -0.39 is 177 Å². The Morgan fingerprint density at radius 1 is 0.519 bits per heavy atom. The fraction of sp³-hybridized carbons (Fsp3) is 0.963. The molecule has 0 radical (unpaired) electrons. The fourth-order valence-corrected chi connectivity index (χ4v) is 16.7. The highest BCUT2D eigenvalue weighted by molar-refractivity contribution is 5.35. The van der Waals surface area contributed by atoms with Crippen molar-refractivity contribution in [1.29, 1.82) is 0 Å². The summed E-state index contributed by atoms with van der Waals surface area (Å²) in [7, 11) is 0. The highest BCUT2D eigenvalue weighted by Gasteiger charge is 2.70. The van der Waals surface area contributed by atoms with Gasteiger partial charge in [-0.05, 0) is 103 Å². The molecule has 23 nitrogen and oxygen atoms in total. The van der Waals surface area contributed by atoms with E-state index in [0.717, 1.165) is 32.1 Å². The number of aliphatic hydroxyl groups excluding tert-OH is 15. The highest BCUT2D eigenvalue weighted by Crippen LogP contribution is 2.76. The maximum atomic E-state index is 12.5. The molecule has 0 unspecified atom stereocenters. The normalized spacial score (nSPS) is 55.8. The zero-order valence-electron chi connectivity index (χ0n) is 45.4. The molecule has 9 rings (SSSR count). The van der Waals surface area contributed by atoms with Crippen LogP contribution in [0.25, 0.3) is 0 Å². The molecule has 15 N–H and O–H groups in total. The van der Waals surface area contributed by atoms with Gasteiger partial charge in [-0.3, -0.25) is 0 Å². The Balaban J connectivity index is 0.971. The van der Waals surface area contributed by atoms with Gasteiger partial charge in [-0.15, -0.1) is 0 Å². The van der Waals surface area contributed by atoms with Crippen molar-refractivity contribution in [2.75, 3.05) is 33.0 Å². The van der Waals surface area contributed by atoms with Crippen molar-refractivity contribution >= 4 is 0 Å². The van der Waals surface area contributed by atoms with Crippen molar-refractivity contribution in [3.05, 3.63) is 11.6 Å². The summed E-state index contributed by atoms with van der Waals surface area (Å²) in [6.45, 7) is 12.5. The van der Waals surface area contributed by atoms with Crippen molar-refractivity contribution in [1.82, 2.24) is 0 Å². The van der Waals surface area contributed by atoms with Crippen molar-refractivity contribution < 1.29 is 114 Å². The van der Waals surface area contributed by atoms with E-state index in [1.165, 1.54) is 12.5 Å². The molecule has 30 atom stereocenters. The van der Waals surface area contributed by atoms with Crippen LogP contribution >= 0.6 is 0 Å². The number of hydrogen-bond donors (Lipinski definition) is 15. The zero-order valence-corrected chi connectivity index (χ0v) is 45.4. The van der Waals surface area contributed by atoms with Crippen molar-refractivity contribution in [3.63, 3.8) is 0 Å². The van der Waals surface area contributed by atoms with Gasteiger partial charge >= 0.3 is 0 Å². The molecule has 0 amide bonds. The molecule has 9 aliphatic rings. The third-order valence-corrected chi connectivity index (χ3v) is 21.7. The fourth-order valence-electron chi connectivity index (χ4n) is 16.7. The molecule has 4 saturated carbocycles. The third-order valence-electron chi connectivity index (χ3n) is 21.7. The summed E-state index contributed by atoms with van der Waals surface area (Å²) in [4.78, 5) is 0. The molecule has 0 bridgehead atoms. The Morgan fingerprint density at radius 2 is 1.03 bits per heavy atom. The molecule has 4 aliphatic heterocycles. The molecule has 4 heterocycles. The zero-order chi connectivity index (χ0) is 56.3. The van der Waals surface area contributed by atoms with Gasteiger partial charge in [0, 0.05) is 5.41 Å². The Kier molecular flexibility index (Phi) is 17.3. The maximum absolute atomic E-state index is 12.5. The van der Waals surface area contributed by atoms with Gasteiger partial charge in [0.15, 0.2) is 25.2 Å². The summed E-state index contributed by atoms with van der Waals surface area (Å²) in [5.41, 5.74) is -2.02. The lowest BCUT2D eigenvalue weighted by molar-refractivity contribution is -0.372. The molecular weight excluding hydrogens is 1020 g/mol. The van der Waals surface area contributed by atoms with E-state index in [4.69, 9.17) is 37.9 Å². The smallest absolute Gasteiger partial charge is 0.187 e. The van der Waals surface area contributed by atoms with E-state index in [9.17, 15) is 76.6 Å². The Labute approximate surface area is 449 Å². The van der Waals surface area contributed by atoms with Gasteiger partial charge in [0.05, 0.1) is 51.3 Å². The van der Waals surface area contributed by atoms with E-state index in [1.807, 2.05) is 13.8 Å². The summed E-state index contributed by atoms with van der Waals surface area (Å²) < 4.78 is 48.6. The van der Waals surface area contributed by atoms with Crippen LogP contribution in [-0.2, 0) is 37.9 Å². The topological polar surface area (TPSA) is 377 Å². The van der Waals surface area contributed by atoms with E-state index in [0.29, 0.717) is 25.7 Å². The molecule has 77 heavy (non-hydrogen) atoms. The molecule has 5 aliphatic carbocycles. The quantitative estimate of drug-likeness (QED) is 0.0842. The van der Waals surface area contributed by atoms with E-state index >= 15 is 0 Å². The van der Waals surface area contributed by atoms with Crippen LogP contribution in [0.5, 0.6) is 0 Å². The van der Waals surface area contributed by atoms with Gasteiger partial charge < -0.3 is 114 Å². The highest BCUT2D eigenvalue weighted by atomic mass is 16.8. The number of allylic oxidation sites excluding steroid dienone is 2. The predicted molar refractivity (Wildman–Crippen MR) is 264 cm³/mol. The van der Waals surface area contributed by atoms with Crippen LogP contribution in [-0.4, -0.2) is 245 Å². The average molecular weight is 1110 g/mol. The first-order valence-corrected chi connectivity index (χ1v) is 28.0. The minimum atomic E-state index is -1.87. The molecule has 23 heteroatoms. The molecule has 0 spiro atoms.